The molecule has 166 valence electrons. The van der Waals surface area contributed by atoms with Gasteiger partial charge in [0.2, 0.25) is 0 Å². The van der Waals surface area contributed by atoms with Crippen molar-refractivity contribution in [2.45, 2.75) is 33.2 Å². The summed E-state index contributed by atoms with van der Waals surface area (Å²) in [7, 11) is 1.35. The first-order chi connectivity index (χ1) is 15.9. The highest BCUT2D eigenvalue weighted by Crippen LogP contribution is 2.29. The van der Waals surface area contributed by atoms with Gasteiger partial charge in [-0.2, -0.15) is 0 Å². The van der Waals surface area contributed by atoms with Crippen molar-refractivity contribution in [2.75, 3.05) is 7.11 Å². The molecule has 8 nitrogen and oxygen atoms in total. The van der Waals surface area contributed by atoms with Crippen LogP contribution in [-0.2, 0) is 4.74 Å². The molecule has 0 aliphatic carbocycles. The fourth-order valence-corrected chi connectivity index (χ4v) is 4.22. The van der Waals surface area contributed by atoms with E-state index in [9.17, 15) is 9.59 Å². The van der Waals surface area contributed by atoms with Crippen LogP contribution in [0.25, 0.3) is 38.9 Å². The van der Waals surface area contributed by atoms with Crippen molar-refractivity contribution in [2.24, 2.45) is 0 Å². The van der Waals surface area contributed by atoms with E-state index in [1.807, 2.05) is 49.6 Å². The SMILES string of the molecule is CCC(C)n1c(C)nc2c(c1=O)c1nc3ccccc3nc1n2-c1ccc(C(=O)OC)cc1. The molecule has 33 heavy (non-hydrogen) atoms. The molecule has 0 amide bonds. The molecule has 0 fully saturated rings. The lowest BCUT2D eigenvalue weighted by Crippen LogP contribution is -2.26. The zero-order valence-corrected chi connectivity index (χ0v) is 18.9. The Hall–Kier alpha value is -4.07. The molecule has 0 bridgehead atoms. The molecular weight excluding hydrogens is 418 g/mol. The van der Waals surface area contributed by atoms with Gasteiger partial charge in [-0.3, -0.25) is 13.9 Å². The summed E-state index contributed by atoms with van der Waals surface area (Å²) in [5, 5.41) is 0.436. The molecule has 2 aromatic carbocycles. The fraction of sp³-hybridized carbons (Fsp3) is 0.240. The summed E-state index contributed by atoms with van der Waals surface area (Å²) >= 11 is 0. The Morgan fingerprint density at radius 2 is 1.67 bits per heavy atom. The molecule has 1 atom stereocenters. The van der Waals surface area contributed by atoms with Crippen LogP contribution in [0.1, 0.15) is 42.5 Å². The summed E-state index contributed by atoms with van der Waals surface area (Å²) in [5.74, 6) is 0.210. The summed E-state index contributed by atoms with van der Waals surface area (Å²) in [6.45, 7) is 5.89. The number of aromatic nitrogens is 5. The Morgan fingerprint density at radius 3 is 2.30 bits per heavy atom. The largest absolute Gasteiger partial charge is 0.465 e. The summed E-state index contributed by atoms with van der Waals surface area (Å²) in [5.41, 5.74) is 4.00. The minimum atomic E-state index is -0.417. The minimum absolute atomic E-state index is 0.000514. The van der Waals surface area contributed by atoms with Crippen molar-refractivity contribution in [3.63, 3.8) is 0 Å². The van der Waals surface area contributed by atoms with E-state index in [-0.39, 0.29) is 11.6 Å². The maximum Gasteiger partial charge on any atom is 0.337 e. The van der Waals surface area contributed by atoms with E-state index in [1.54, 1.807) is 28.8 Å². The van der Waals surface area contributed by atoms with Gasteiger partial charge in [0.05, 0.1) is 23.7 Å². The van der Waals surface area contributed by atoms with Crippen molar-refractivity contribution in [3.8, 4) is 5.69 Å². The molecule has 3 aromatic heterocycles. The Labute approximate surface area is 189 Å². The molecule has 3 heterocycles. The van der Waals surface area contributed by atoms with Crippen LogP contribution in [0.15, 0.2) is 53.3 Å². The number of hydrogen-bond donors (Lipinski definition) is 0. The smallest absolute Gasteiger partial charge is 0.337 e. The average Bonchev–Trinajstić information content (AvgIpc) is 3.14. The lowest BCUT2D eigenvalue weighted by atomic mass is 10.2. The van der Waals surface area contributed by atoms with Crippen molar-refractivity contribution in [1.82, 2.24) is 24.1 Å². The Kier molecular flexibility index (Phi) is 4.92. The first kappa shape index (κ1) is 20.8. The van der Waals surface area contributed by atoms with Gasteiger partial charge in [0, 0.05) is 11.7 Å². The number of carbonyl (C=O) groups is 1. The van der Waals surface area contributed by atoms with E-state index in [0.717, 1.165) is 17.6 Å². The zero-order valence-electron chi connectivity index (χ0n) is 18.9. The Bertz CT molecular complexity index is 1600. The van der Waals surface area contributed by atoms with Crippen molar-refractivity contribution >= 4 is 39.2 Å². The Balaban J connectivity index is 1.92. The predicted octanol–water partition coefficient (Wildman–Crippen LogP) is 4.35. The summed E-state index contributed by atoms with van der Waals surface area (Å²) in [6, 6.07) is 14.5. The van der Waals surface area contributed by atoms with E-state index in [4.69, 9.17) is 19.7 Å². The molecule has 1 unspecified atom stereocenters. The molecule has 0 saturated heterocycles. The molecule has 0 aliphatic heterocycles. The molecule has 0 saturated carbocycles. The lowest BCUT2D eigenvalue weighted by molar-refractivity contribution is 0.0600. The summed E-state index contributed by atoms with van der Waals surface area (Å²) in [4.78, 5) is 40.1. The minimum Gasteiger partial charge on any atom is -0.465 e. The van der Waals surface area contributed by atoms with E-state index >= 15 is 0 Å². The number of ether oxygens (including phenoxy) is 1. The first-order valence-electron chi connectivity index (χ1n) is 10.8. The molecule has 0 aliphatic rings. The number of carbonyl (C=O) groups excluding carboxylic acids is 1. The van der Waals surface area contributed by atoms with E-state index in [1.165, 1.54) is 7.11 Å². The number of methoxy groups -OCH3 is 1. The summed E-state index contributed by atoms with van der Waals surface area (Å²) < 4.78 is 8.37. The monoisotopic (exact) mass is 441 g/mol. The van der Waals surface area contributed by atoms with Crippen LogP contribution in [0, 0.1) is 6.92 Å². The van der Waals surface area contributed by atoms with Crippen LogP contribution >= 0.6 is 0 Å². The normalized spacial score (nSPS) is 12.5. The number of hydrogen-bond acceptors (Lipinski definition) is 6. The van der Waals surface area contributed by atoms with Crippen LogP contribution in [0.4, 0.5) is 0 Å². The van der Waals surface area contributed by atoms with Crippen molar-refractivity contribution in [1.29, 1.82) is 0 Å². The van der Waals surface area contributed by atoms with Gasteiger partial charge in [0.25, 0.3) is 5.56 Å². The van der Waals surface area contributed by atoms with Crippen LogP contribution in [-0.4, -0.2) is 37.2 Å². The fourth-order valence-electron chi connectivity index (χ4n) is 4.22. The average molecular weight is 441 g/mol. The molecule has 5 aromatic rings. The number of rotatable bonds is 4. The number of fused-ring (bicyclic) bond motifs is 4. The third-order valence-corrected chi connectivity index (χ3v) is 6.06. The van der Waals surface area contributed by atoms with E-state index in [2.05, 4.69) is 0 Å². The van der Waals surface area contributed by atoms with Crippen LogP contribution in [0.3, 0.4) is 0 Å². The highest BCUT2D eigenvalue weighted by Gasteiger charge is 2.23. The van der Waals surface area contributed by atoms with Crippen LogP contribution in [0.2, 0.25) is 0 Å². The van der Waals surface area contributed by atoms with Crippen LogP contribution < -0.4 is 5.56 Å². The number of aryl methyl sites for hydroxylation is 1. The van der Waals surface area contributed by atoms with E-state index in [0.29, 0.717) is 39.1 Å². The quantitative estimate of drug-likeness (QED) is 0.385. The second kappa shape index (κ2) is 7.81. The molecule has 5 rings (SSSR count). The third kappa shape index (κ3) is 3.17. The second-order valence-electron chi connectivity index (χ2n) is 8.05. The molecule has 8 heteroatoms. The zero-order chi connectivity index (χ0) is 23.3. The maximum atomic E-state index is 13.7. The van der Waals surface area contributed by atoms with Crippen LogP contribution in [0.5, 0.6) is 0 Å². The maximum absolute atomic E-state index is 13.7. The molecule has 0 N–H and O–H groups in total. The standard InChI is InChI=1S/C25H23N5O3/c1-5-14(2)29-15(3)26-22-20(24(29)31)21-23(28-19-9-7-6-8-18(19)27-21)30(22)17-12-10-16(11-13-17)25(32)33-4/h6-14H,5H2,1-4H3. The first-order valence-corrected chi connectivity index (χ1v) is 10.8. The predicted molar refractivity (Wildman–Crippen MR) is 127 cm³/mol. The topological polar surface area (TPSA) is 91.9 Å². The van der Waals surface area contributed by atoms with Gasteiger partial charge in [-0.1, -0.05) is 19.1 Å². The highest BCUT2D eigenvalue weighted by atomic mass is 16.5. The van der Waals surface area contributed by atoms with Gasteiger partial charge < -0.3 is 4.74 Å². The number of para-hydroxylation sites is 2. The van der Waals surface area contributed by atoms with Gasteiger partial charge in [-0.15, -0.1) is 0 Å². The number of nitrogens with zero attached hydrogens (tertiary/aromatic N) is 5. The second-order valence-corrected chi connectivity index (χ2v) is 8.05. The third-order valence-electron chi connectivity index (χ3n) is 6.06. The van der Waals surface area contributed by atoms with Gasteiger partial charge >= 0.3 is 5.97 Å². The Morgan fingerprint density at radius 1 is 1.00 bits per heavy atom. The van der Waals surface area contributed by atoms with Gasteiger partial charge in [0.1, 0.15) is 16.7 Å². The number of esters is 1. The van der Waals surface area contributed by atoms with Gasteiger partial charge in [0.15, 0.2) is 11.3 Å². The van der Waals surface area contributed by atoms with E-state index < -0.39 is 5.97 Å². The van der Waals surface area contributed by atoms with Crippen molar-refractivity contribution in [3.05, 3.63) is 70.3 Å². The van der Waals surface area contributed by atoms with Gasteiger partial charge in [-0.25, -0.2) is 19.7 Å². The molecule has 0 radical (unpaired) electrons. The lowest BCUT2D eigenvalue weighted by Gasteiger charge is -2.16. The summed E-state index contributed by atoms with van der Waals surface area (Å²) in [6.07, 6.45) is 0.802. The number of benzene rings is 2. The highest BCUT2D eigenvalue weighted by molar-refractivity contribution is 6.06. The van der Waals surface area contributed by atoms with Gasteiger partial charge in [-0.05, 0) is 56.7 Å². The molecule has 0 spiro atoms. The van der Waals surface area contributed by atoms with Crippen molar-refractivity contribution < 1.29 is 9.53 Å². The molecular formula is C25H23N5O3.